The van der Waals surface area contributed by atoms with E-state index in [-0.39, 0.29) is 5.91 Å². The van der Waals surface area contributed by atoms with Crippen LogP contribution in [-0.2, 0) is 17.8 Å². The number of fused-ring (bicyclic) bond motifs is 2. The zero-order valence-electron chi connectivity index (χ0n) is 18.5. The molecule has 0 bridgehead atoms. The molecule has 4 aromatic rings. The Balaban J connectivity index is 1.23. The monoisotopic (exact) mass is 491 g/mol. The maximum atomic E-state index is 11.6. The number of hydrogen-bond donors (Lipinski definition) is 2. The number of methoxy groups -OCH3 is 1. The molecule has 2 N–H and O–H groups in total. The molecule has 3 aromatic heterocycles. The van der Waals surface area contributed by atoms with E-state index >= 15 is 0 Å². The third-order valence-electron chi connectivity index (χ3n) is 5.52. The first kappa shape index (κ1) is 22.6. The second kappa shape index (κ2) is 9.97. The van der Waals surface area contributed by atoms with Crippen molar-refractivity contribution < 1.29 is 9.53 Å². The number of halogens is 1. The van der Waals surface area contributed by atoms with E-state index in [1.807, 2.05) is 18.2 Å². The summed E-state index contributed by atoms with van der Waals surface area (Å²) in [6.07, 6.45) is 2.53. The van der Waals surface area contributed by atoms with Crippen molar-refractivity contribution in [1.82, 2.24) is 20.3 Å². The minimum atomic E-state index is -0.00507. The lowest BCUT2D eigenvalue weighted by Gasteiger charge is -2.16. The van der Waals surface area contributed by atoms with Crippen LogP contribution in [0.3, 0.4) is 0 Å². The van der Waals surface area contributed by atoms with Gasteiger partial charge in [-0.1, -0.05) is 35.9 Å². The molecule has 0 fully saturated rings. The van der Waals surface area contributed by atoms with Crippen molar-refractivity contribution in [2.75, 3.05) is 24.7 Å². The van der Waals surface area contributed by atoms with Crippen LogP contribution < -0.4 is 15.4 Å². The number of hydrogen-bond acceptors (Lipinski definition) is 7. The fourth-order valence-corrected chi connectivity index (χ4v) is 4.81. The molecule has 0 spiro atoms. The summed E-state index contributed by atoms with van der Waals surface area (Å²) >= 11 is 8.02. The van der Waals surface area contributed by atoms with Crippen molar-refractivity contribution in [3.8, 4) is 17.0 Å². The number of thioether (sulfide) groups is 1. The Morgan fingerprint density at radius 2 is 1.97 bits per heavy atom. The Labute approximate surface area is 206 Å². The summed E-state index contributed by atoms with van der Waals surface area (Å²) in [6, 6.07) is 16.0. The smallest absolute Gasteiger partial charge is 0.235 e. The molecule has 0 aliphatic carbocycles. The molecule has 172 valence electrons. The summed E-state index contributed by atoms with van der Waals surface area (Å²) in [4.78, 5) is 26.1. The Morgan fingerprint density at radius 1 is 1.12 bits per heavy atom. The molecule has 1 amide bonds. The van der Waals surface area contributed by atoms with Gasteiger partial charge in [0.1, 0.15) is 11.3 Å². The van der Waals surface area contributed by atoms with Gasteiger partial charge < -0.3 is 15.4 Å². The highest BCUT2D eigenvalue weighted by Crippen LogP contribution is 2.34. The van der Waals surface area contributed by atoms with Crippen LogP contribution in [0.4, 0.5) is 5.82 Å². The second-order valence-corrected chi connectivity index (χ2v) is 9.24. The van der Waals surface area contributed by atoms with Gasteiger partial charge in [-0.25, -0.2) is 9.97 Å². The summed E-state index contributed by atoms with van der Waals surface area (Å²) < 4.78 is 5.28. The molecule has 5 rings (SSSR count). The topological polar surface area (TPSA) is 89.0 Å². The fraction of sp³-hybridized carbons (Fsp3) is 0.200. The van der Waals surface area contributed by atoms with E-state index in [1.165, 1.54) is 17.3 Å². The minimum Gasteiger partial charge on any atom is -0.481 e. The van der Waals surface area contributed by atoms with Crippen LogP contribution in [-0.4, -0.2) is 40.3 Å². The van der Waals surface area contributed by atoms with E-state index in [1.54, 1.807) is 19.4 Å². The van der Waals surface area contributed by atoms with E-state index in [0.29, 0.717) is 34.5 Å². The summed E-state index contributed by atoms with van der Waals surface area (Å²) in [5.74, 6) is 1.62. The quantitative estimate of drug-likeness (QED) is 0.361. The average Bonchev–Trinajstić information content (AvgIpc) is 2.86. The van der Waals surface area contributed by atoms with Gasteiger partial charge in [-0.15, -0.1) is 11.8 Å². The number of anilines is 1. The highest BCUT2D eigenvalue weighted by molar-refractivity contribution is 8.00. The molecule has 0 unspecified atom stereocenters. The number of nitrogens with one attached hydrogen (secondary N) is 2. The molecular weight excluding hydrogens is 470 g/mol. The van der Waals surface area contributed by atoms with Crippen molar-refractivity contribution in [3.05, 3.63) is 71.0 Å². The lowest BCUT2D eigenvalue weighted by Crippen LogP contribution is -2.22. The number of pyridine rings is 3. The van der Waals surface area contributed by atoms with E-state index in [4.69, 9.17) is 16.3 Å². The molecule has 1 aromatic carbocycles. The predicted molar refractivity (Wildman–Crippen MR) is 136 cm³/mol. The largest absolute Gasteiger partial charge is 0.481 e. The van der Waals surface area contributed by atoms with Crippen molar-refractivity contribution in [3.63, 3.8) is 0 Å². The Morgan fingerprint density at radius 3 is 2.79 bits per heavy atom. The normalized spacial score (nSPS) is 12.9. The van der Waals surface area contributed by atoms with Crippen LogP contribution in [0.1, 0.15) is 11.3 Å². The van der Waals surface area contributed by atoms with Crippen molar-refractivity contribution in [2.24, 2.45) is 0 Å². The highest BCUT2D eigenvalue weighted by Gasteiger charge is 2.17. The molecule has 0 saturated carbocycles. The number of aromatic nitrogens is 3. The van der Waals surface area contributed by atoms with Gasteiger partial charge in [0, 0.05) is 24.4 Å². The molecule has 1 aliphatic rings. The number of carbonyl (C=O) groups excluding carboxylic acids is 1. The number of ether oxygens (including phenoxy) is 1. The van der Waals surface area contributed by atoms with Gasteiger partial charge in [-0.2, -0.15) is 0 Å². The van der Waals surface area contributed by atoms with Gasteiger partial charge in [0.2, 0.25) is 11.8 Å². The maximum Gasteiger partial charge on any atom is 0.235 e. The lowest BCUT2D eigenvalue weighted by molar-refractivity contribution is -0.113. The lowest BCUT2D eigenvalue weighted by atomic mass is 10.0. The van der Waals surface area contributed by atoms with Gasteiger partial charge in [-0.3, -0.25) is 9.78 Å². The number of carbonyl (C=O) groups is 1. The second-order valence-electron chi connectivity index (χ2n) is 7.81. The molecule has 0 saturated heterocycles. The zero-order chi connectivity index (χ0) is 23.5. The third kappa shape index (κ3) is 4.84. The van der Waals surface area contributed by atoms with Crippen LogP contribution in [0.25, 0.3) is 22.2 Å². The van der Waals surface area contributed by atoms with Crippen molar-refractivity contribution in [1.29, 1.82) is 0 Å². The molecule has 0 radical (unpaired) electrons. The molecule has 9 heteroatoms. The predicted octanol–water partition coefficient (Wildman–Crippen LogP) is 4.73. The van der Waals surface area contributed by atoms with Gasteiger partial charge in [-0.05, 0) is 42.3 Å². The number of nitrogens with zero attached hydrogens (tertiary/aromatic N) is 3. The van der Waals surface area contributed by atoms with Crippen molar-refractivity contribution in [2.45, 2.75) is 17.9 Å². The molecular formula is C25H22ClN5O2S. The maximum absolute atomic E-state index is 11.6. The highest BCUT2D eigenvalue weighted by atomic mass is 35.5. The summed E-state index contributed by atoms with van der Waals surface area (Å²) in [5, 5.41) is 6.81. The van der Waals surface area contributed by atoms with Gasteiger partial charge in [0.25, 0.3) is 0 Å². The zero-order valence-corrected chi connectivity index (χ0v) is 20.0. The first-order chi connectivity index (χ1) is 16.6. The number of amides is 1. The average molecular weight is 492 g/mol. The summed E-state index contributed by atoms with van der Waals surface area (Å²) in [7, 11) is 1.59. The first-order valence-electron chi connectivity index (χ1n) is 10.8. The molecule has 1 aliphatic heterocycles. The van der Waals surface area contributed by atoms with Crippen LogP contribution in [0, 0.1) is 0 Å². The Kier molecular flexibility index (Phi) is 6.62. The Bertz CT molecular complexity index is 1360. The standard InChI is InChI=1S/C25H22ClN5O2S/c1-33-22-9-7-19-24(31-22)23(18(26)13-28-19)16-4-2-15(3-5-16)10-11-27-12-17-6-8-20-25(29-17)30-21(32)14-34-20/h2-9,13,27H,10-12,14H2,1H3,(H,29,30,32). The molecule has 4 heterocycles. The van der Waals surface area contributed by atoms with Crippen LogP contribution >= 0.6 is 23.4 Å². The third-order valence-corrected chi connectivity index (χ3v) is 6.86. The van der Waals surface area contributed by atoms with Gasteiger partial charge >= 0.3 is 0 Å². The van der Waals surface area contributed by atoms with E-state index in [9.17, 15) is 4.79 Å². The molecule has 0 atom stereocenters. The van der Waals surface area contributed by atoms with Gasteiger partial charge in [0.15, 0.2) is 0 Å². The summed E-state index contributed by atoms with van der Waals surface area (Å²) in [6.45, 7) is 1.44. The van der Waals surface area contributed by atoms with Gasteiger partial charge in [0.05, 0.1) is 34.0 Å². The van der Waals surface area contributed by atoms with Crippen molar-refractivity contribution >= 4 is 46.1 Å². The Hall–Kier alpha value is -3.20. The fourth-order valence-electron chi connectivity index (χ4n) is 3.80. The van der Waals surface area contributed by atoms with Crippen LogP contribution in [0.15, 0.2) is 59.6 Å². The van der Waals surface area contributed by atoms with Crippen LogP contribution in [0.2, 0.25) is 5.02 Å². The summed E-state index contributed by atoms with van der Waals surface area (Å²) in [5.41, 5.74) is 5.42. The SMILES string of the molecule is COc1ccc2ncc(Cl)c(-c3ccc(CCNCc4ccc5c(n4)NC(=O)CS5)cc3)c2n1. The number of benzene rings is 1. The first-order valence-corrected chi connectivity index (χ1v) is 12.2. The minimum absolute atomic E-state index is 0.00507. The number of rotatable bonds is 7. The van der Waals surface area contributed by atoms with E-state index < -0.39 is 0 Å². The van der Waals surface area contributed by atoms with Crippen LogP contribution in [0.5, 0.6) is 5.88 Å². The van der Waals surface area contributed by atoms with E-state index in [2.05, 4.69) is 49.9 Å². The molecule has 34 heavy (non-hydrogen) atoms. The molecule has 7 nitrogen and oxygen atoms in total. The van der Waals surface area contributed by atoms with E-state index in [0.717, 1.165) is 40.2 Å².